The van der Waals surface area contributed by atoms with Gasteiger partial charge >= 0.3 is 5.69 Å². The summed E-state index contributed by atoms with van der Waals surface area (Å²) in [4.78, 5) is 33.2. The highest BCUT2D eigenvalue weighted by molar-refractivity contribution is 6.03. The molecule has 0 bridgehead atoms. The fourth-order valence-electron chi connectivity index (χ4n) is 9.43. The highest BCUT2D eigenvalue weighted by Gasteiger charge is 2.70. The molecule has 13 nitrogen and oxygen atoms in total. The molecule has 63 heavy (non-hydrogen) atoms. The van der Waals surface area contributed by atoms with E-state index in [2.05, 4.69) is 10.3 Å². The Balaban J connectivity index is 1.27. The SMILES string of the molecule is COc1ccc(C(c2ccccc2)(c2ccc(OC)cc2)C(O)[C@H]2O[C@@H](n3ccc(NC(=O)c4ccccc4)nc3=O)[C@@](O)(C3(OC)CCN(c4ccccc4F)CC3)[C@@H]2O)cc1. The third-order valence-corrected chi connectivity index (χ3v) is 12.7. The van der Waals surface area contributed by atoms with Crippen LogP contribution in [0.25, 0.3) is 0 Å². The lowest BCUT2D eigenvalue weighted by atomic mass is 9.62. The number of nitrogens with zero attached hydrogens (tertiary/aromatic N) is 3. The number of nitrogens with one attached hydrogen (secondary N) is 1. The van der Waals surface area contributed by atoms with Crippen LogP contribution in [0.3, 0.4) is 0 Å². The number of hydrogen-bond donors (Lipinski definition) is 4. The number of para-hydroxylation sites is 1. The van der Waals surface area contributed by atoms with Crippen molar-refractivity contribution in [2.45, 2.75) is 54.0 Å². The minimum Gasteiger partial charge on any atom is -0.497 e. The van der Waals surface area contributed by atoms with Gasteiger partial charge in [-0.1, -0.05) is 84.9 Å². The van der Waals surface area contributed by atoms with Gasteiger partial charge in [-0.05, 0) is 84.1 Å². The molecule has 5 atom stereocenters. The van der Waals surface area contributed by atoms with Crippen molar-refractivity contribution in [1.82, 2.24) is 9.55 Å². The molecule has 0 spiro atoms. The van der Waals surface area contributed by atoms with Gasteiger partial charge in [0.1, 0.15) is 47.0 Å². The molecule has 2 aliphatic heterocycles. The molecule has 0 radical (unpaired) electrons. The normalized spacial score (nSPS) is 21.4. The van der Waals surface area contributed by atoms with Crippen molar-refractivity contribution < 1.29 is 43.5 Å². The summed E-state index contributed by atoms with van der Waals surface area (Å²) in [5, 5.41) is 42.4. The molecule has 326 valence electrons. The molecule has 6 aromatic rings. The van der Waals surface area contributed by atoms with Crippen molar-refractivity contribution in [3.8, 4) is 11.5 Å². The van der Waals surface area contributed by atoms with Crippen LogP contribution in [0.1, 0.15) is 46.1 Å². The standard InChI is InChI=1S/C49H49FN4O9/c1-60-36-22-18-34(19-23-36)48(33-14-8-5-9-15-33,35-20-24-37(61-2)25-21-35)42(55)41-43(56)49(59,47(62-3)27-30-53(31-28-47)39-17-11-10-16-38(39)50)45(63-41)54-29-26-40(52-46(54)58)51-44(57)32-12-6-4-7-13-32/h4-26,29,41-43,45,55-56,59H,27-28,30-31H2,1-3H3,(H,51,52,57,58)/t41-,42?,43-,45-,49-/m1/s1. The van der Waals surface area contributed by atoms with Crippen molar-refractivity contribution in [3.63, 3.8) is 0 Å². The fraction of sp³-hybridized carbons (Fsp3) is 0.286. The average Bonchev–Trinajstić information content (AvgIpc) is 3.60. The number of methoxy groups -OCH3 is 3. The van der Waals surface area contributed by atoms with E-state index in [9.17, 15) is 24.9 Å². The van der Waals surface area contributed by atoms with Crippen LogP contribution in [-0.2, 0) is 14.9 Å². The Morgan fingerprint density at radius 3 is 1.89 bits per heavy atom. The molecule has 2 fully saturated rings. The van der Waals surface area contributed by atoms with Crippen LogP contribution >= 0.6 is 0 Å². The van der Waals surface area contributed by atoms with Gasteiger partial charge in [-0.2, -0.15) is 4.98 Å². The number of piperidine rings is 1. The van der Waals surface area contributed by atoms with E-state index >= 15 is 4.39 Å². The number of rotatable bonds is 13. The lowest BCUT2D eigenvalue weighted by Crippen LogP contribution is -2.68. The van der Waals surface area contributed by atoms with Gasteiger partial charge < -0.3 is 44.5 Å². The van der Waals surface area contributed by atoms with Crippen LogP contribution in [-0.4, -0.2) is 94.7 Å². The summed E-state index contributed by atoms with van der Waals surface area (Å²) < 4.78 is 40.2. The van der Waals surface area contributed by atoms with Crippen molar-refractivity contribution in [3.05, 3.63) is 184 Å². The largest absolute Gasteiger partial charge is 0.497 e. The molecule has 8 rings (SSSR count). The van der Waals surface area contributed by atoms with Gasteiger partial charge in [0.2, 0.25) is 0 Å². The lowest BCUT2D eigenvalue weighted by molar-refractivity contribution is -0.241. The summed E-state index contributed by atoms with van der Waals surface area (Å²) >= 11 is 0. The van der Waals surface area contributed by atoms with Crippen molar-refractivity contribution >= 4 is 17.4 Å². The van der Waals surface area contributed by atoms with Crippen LogP contribution in [0.15, 0.2) is 151 Å². The molecule has 2 saturated heterocycles. The van der Waals surface area contributed by atoms with Crippen molar-refractivity contribution in [2.75, 3.05) is 44.6 Å². The first-order valence-corrected chi connectivity index (χ1v) is 20.6. The number of halogens is 1. The first kappa shape index (κ1) is 43.2. The molecule has 1 aromatic heterocycles. The minimum atomic E-state index is -2.46. The number of anilines is 2. The monoisotopic (exact) mass is 856 g/mol. The number of carbonyl (C=O) groups is 1. The Morgan fingerprint density at radius 1 is 0.810 bits per heavy atom. The molecule has 4 N–H and O–H groups in total. The molecule has 1 amide bonds. The maximum atomic E-state index is 15.1. The highest BCUT2D eigenvalue weighted by Crippen LogP contribution is 2.54. The van der Waals surface area contributed by atoms with Gasteiger partial charge in [0.25, 0.3) is 5.91 Å². The second-order valence-electron chi connectivity index (χ2n) is 15.8. The predicted molar refractivity (Wildman–Crippen MR) is 234 cm³/mol. The Bertz CT molecular complexity index is 2520. The number of ether oxygens (including phenoxy) is 4. The number of aromatic nitrogens is 2. The summed E-state index contributed by atoms with van der Waals surface area (Å²) in [6.45, 7) is 0.375. The number of hydrogen-bond acceptors (Lipinski definition) is 11. The van der Waals surface area contributed by atoms with Gasteiger partial charge in [-0.15, -0.1) is 0 Å². The zero-order valence-corrected chi connectivity index (χ0v) is 35.0. The molecular formula is C49H49FN4O9. The summed E-state index contributed by atoms with van der Waals surface area (Å²) in [5.41, 5.74) is -4.03. The Hall–Kier alpha value is -6.42. The van der Waals surface area contributed by atoms with Gasteiger partial charge in [0, 0.05) is 32.0 Å². The molecule has 0 saturated carbocycles. The molecule has 1 unspecified atom stereocenters. The van der Waals surface area contributed by atoms with Crippen LogP contribution in [0.4, 0.5) is 15.9 Å². The van der Waals surface area contributed by atoms with E-state index in [1.807, 2.05) is 59.5 Å². The zero-order valence-electron chi connectivity index (χ0n) is 35.0. The maximum absolute atomic E-state index is 15.1. The summed E-state index contributed by atoms with van der Waals surface area (Å²) in [5.74, 6) is 0.149. The van der Waals surface area contributed by atoms with Gasteiger partial charge in [0.15, 0.2) is 11.8 Å². The minimum absolute atomic E-state index is 0.0439. The van der Waals surface area contributed by atoms with Crippen LogP contribution in [0.5, 0.6) is 11.5 Å². The zero-order chi connectivity index (χ0) is 44.4. The first-order chi connectivity index (χ1) is 30.5. The number of amides is 1. The molecular weight excluding hydrogens is 808 g/mol. The Morgan fingerprint density at radius 2 is 1.35 bits per heavy atom. The van der Waals surface area contributed by atoms with Gasteiger partial charge in [-0.25, -0.2) is 9.18 Å². The van der Waals surface area contributed by atoms with E-state index < -0.39 is 58.6 Å². The van der Waals surface area contributed by atoms with E-state index in [4.69, 9.17) is 18.9 Å². The number of benzene rings is 5. The van der Waals surface area contributed by atoms with Gasteiger partial charge in [0.05, 0.1) is 25.3 Å². The molecule has 3 heterocycles. The average molecular weight is 857 g/mol. The van der Waals surface area contributed by atoms with Crippen molar-refractivity contribution in [1.29, 1.82) is 0 Å². The smallest absolute Gasteiger partial charge is 0.351 e. The second kappa shape index (κ2) is 17.8. The van der Waals surface area contributed by atoms with Crippen LogP contribution in [0, 0.1) is 5.82 Å². The summed E-state index contributed by atoms with van der Waals surface area (Å²) in [6, 6.07) is 39.7. The summed E-state index contributed by atoms with van der Waals surface area (Å²) in [7, 11) is 4.50. The molecule has 0 aliphatic carbocycles. The maximum Gasteiger partial charge on any atom is 0.351 e. The predicted octanol–water partition coefficient (Wildman–Crippen LogP) is 5.72. The third-order valence-electron chi connectivity index (χ3n) is 12.7. The number of carbonyl (C=O) groups excluding carboxylic acids is 1. The fourth-order valence-corrected chi connectivity index (χ4v) is 9.43. The van der Waals surface area contributed by atoms with Crippen molar-refractivity contribution in [2.24, 2.45) is 0 Å². The van der Waals surface area contributed by atoms with Crippen LogP contribution in [0.2, 0.25) is 0 Å². The quantitative estimate of drug-likeness (QED) is 0.105. The molecule has 5 aromatic carbocycles. The van der Waals surface area contributed by atoms with E-state index in [0.29, 0.717) is 39.4 Å². The van der Waals surface area contributed by atoms with E-state index in [0.717, 1.165) is 4.57 Å². The third kappa shape index (κ3) is 7.53. The first-order valence-electron chi connectivity index (χ1n) is 20.6. The highest BCUT2D eigenvalue weighted by atomic mass is 19.1. The topological polar surface area (TPSA) is 165 Å². The molecule has 2 aliphatic rings. The van der Waals surface area contributed by atoms with E-state index in [1.165, 1.54) is 25.4 Å². The molecule has 14 heteroatoms. The summed E-state index contributed by atoms with van der Waals surface area (Å²) in [6.07, 6.45) is -5.56. The Labute approximate surface area is 363 Å². The number of aliphatic hydroxyl groups excluding tert-OH is 2. The number of aliphatic hydroxyl groups is 3. The van der Waals surface area contributed by atoms with E-state index in [-0.39, 0.29) is 31.7 Å². The van der Waals surface area contributed by atoms with Crippen LogP contribution < -0.4 is 25.4 Å². The van der Waals surface area contributed by atoms with E-state index in [1.54, 1.807) is 87.0 Å². The lowest BCUT2D eigenvalue weighted by Gasteiger charge is -2.52. The Kier molecular flexibility index (Phi) is 12.2. The second-order valence-corrected chi connectivity index (χ2v) is 15.8. The van der Waals surface area contributed by atoms with Gasteiger partial charge in [-0.3, -0.25) is 9.36 Å².